The van der Waals surface area contributed by atoms with Crippen LogP contribution in [0.4, 0.5) is 4.39 Å². The van der Waals surface area contributed by atoms with Crippen LogP contribution in [-0.4, -0.2) is 43.4 Å². The maximum atomic E-state index is 14.2. The highest BCUT2D eigenvalue weighted by molar-refractivity contribution is 7.07. The fourth-order valence-electron chi connectivity index (χ4n) is 5.03. The van der Waals surface area contributed by atoms with Gasteiger partial charge in [0.05, 0.1) is 42.2 Å². The third-order valence-corrected chi connectivity index (χ3v) is 8.46. The van der Waals surface area contributed by atoms with Crippen LogP contribution >= 0.6 is 22.9 Å². The van der Waals surface area contributed by atoms with Gasteiger partial charge in [0.1, 0.15) is 18.2 Å². The van der Waals surface area contributed by atoms with E-state index in [1.807, 2.05) is 0 Å². The molecule has 0 bridgehead atoms. The number of carbonyl (C=O) groups excluding carboxylic acids is 2. The highest BCUT2D eigenvalue weighted by Crippen LogP contribution is 2.36. The van der Waals surface area contributed by atoms with E-state index < -0.39 is 23.5 Å². The van der Waals surface area contributed by atoms with Crippen molar-refractivity contribution >= 4 is 41.0 Å². The molecule has 0 radical (unpaired) electrons. The molecule has 0 N–H and O–H groups in total. The molecule has 2 heterocycles. The summed E-state index contributed by atoms with van der Waals surface area (Å²) in [6.07, 6.45) is 1.66. The van der Waals surface area contributed by atoms with E-state index in [9.17, 15) is 18.8 Å². The molecule has 10 nitrogen and oxygen atoms in total. The molecule has 1 aliphatic heterocycles. The molecular formula is C35H32ClFN2O8S. The second-order valence-corrected chi connectivity index (χ2v) is 11.8. The van der Waals surface area contributed by atoms with Crippen LogP contribution in [0.1, 0.15) is 43.5 Å². The maximum absolute atomic E-state index is 14.2. The number of methoxy groups -OCH3 is 1. The van der Waals surface area contributed by atoms with Crippen molar-refractivity contribution < 1.29 is 37.7 Å². The Morgan fingerprint density at radius 1 is 0.979 bits per heavy atom. The van der Waals surface area contributed by atoms with Crippen LogP contribution in [0.3, 0.4) is 0 Å². The van der Waals surface area contributed by atoms with Crippen LogP contribution in [0, 0.1) is 5.82 Å². The molecule has 0 saturated carbocycles. The van der Waals surface area contributed by atoms with Crippen molar-refractivity contribution in [3.05, 3.63) is 119 Å². The highest BCUT2D eigenvalue weighted by atomic mass is 35.5. The van der Waals surface area contributed by atoms with Crippen LogP contribution in [0.2, 0.25) is 5.02 Å². The first-order valence-electron chi connectivity index (χ1n) is 15.0. The van der Waals surface area contributed by atoms with Crippen LogP contribution in [0.25, 0.3) is 6.08 Å². The number of fused-ring (bicyclic) bond motifs is 1. The van der Waals surface area contributed by atoms with Crippen LogP contribution in [-0.2, 0) is 25.7 Å². The molecule has 0 saturated heterocycles. The summed E-state index contributed by atoms with van der Waals surface area (Å²) in [5.74, 6) is -0.489. The molecule has 0 amide bonds. The van der Waals surface area contributed by atoms with E-state index in [0.717, 1.165) is 16.9 Å². The number of nitrogens with zero attached hydrogens (tertiary/aromatic N) is 2. The van der Waals surface area contributed by atoms with Crippen molar-refractivity contribution in [1.82, 2.24) is 4.57 Å². The average molecular weight is 695 g/mol. The molecule has 0 spiro atoms. The van der Waals surface area contributed by atoms with Crippen LogP contribution in [0.15, 0.2) is 81.7 Å². The first kappa shape index (κ1) is 34.4. The van der Waals surface area contributed by atoms with Crippen molar-refractivity contribution in [2.45, 2.75) is 33.4 Å². The van der Waals surface area contributed by atoms with Crippen molar-refractivity contribution in [3.8, 4) is 17.2 Å². The lowest BCUT2D eigenvalue weighted by Gasteiger charge is -2.25. The summed E-state index contributed by atoms with van der Waals surface area (Å²) in [6, 6.07) is 15.0. The Morgan fingerprint density at radius 2 is 1.73 bits per heavy atom. The molecule has 1 aliphatic rings. The van der Waals surface area contributed by atoms with Crippen molar-refractivity contribution in [1.29, 1.82) is 0 Å². The summed E-state index contributed by atoms with van der Waals surface area (Å²) >= 11 is 7.49. The van der Waals surface area contributed by atoms with Gasteiger partial charge in [-0.3, -0.25) is 9.36 Å². The lowest BCUT2D eigenvalue weighted by Crippen LogP contribution is -2.40. The Kier molecular flexibility index (Phi) is 11.0. The van der Waals surface area contributed by atoms with E-state index in [2.05, 4.69) is 9.73 Å². The minimum Gasteiger partial charge on any atom is -0.490 e. The molecule has 0 fully saturated rings. The number of hydrogen-bond donors (Lipinski definition) is 0. The van der Waals surface area contributed by atoms with Gasteiger partial charge < -0.3 is 23.7 Å². The minimum atomic E-state index is -0.926. The Hall–Kier alpha value is -4.94. The number of esters is 2. The number of benzene rings is 3. The molecule has 4 aromatic rings. The SMILES string of the molecule is CCOC(=O)C1=C(C)N=c2s/c(=C/c3cc(Cl)ccc3OCc3ccc(F)cc3)c(=O)n2[C@H]1c1ccc(OCC(=O)OC)c(OCC)c1. The lowest BCUT2D eigenvalue weighted by molar-refractivity contribution is -0.143. The van der Waals surface area contributed by atoms with Gasteiger partial charge in [-0.05, 0) is 80.4 Å². The summed E-state index contributed by atoms with van der Waals surface area (Å²) in [5.41, 5.74) is 1.99. The Labute approximate surface area is 284 Å². The highest BCUT2D eigenvalue weighted by Gasteiger charge is 2.34. The average Bonchev–Trinajstić information content (AvgIpc) is 3.37. The van der Waals surface area contributed by atoms with Gasteiger partial charge in [-0.15, -0.1) is 0 Å². The number of rotatable bonds is 12. The molecule has 0 unspecified atom stereocenters. The van der Waals surface area contributed by atoms with Gasteiger partial charge >= 0.3 is 11.9 Å². The largest absolute Gasteiger partial charge is 0.490 e. The van der Waals surface area contributed by atoms with Gasteiger partial charge in [0.15, 0.2) is 22.9 Å². The molecule has 5 rings (SSSR count). The molecule has 13 heteroatoms. The van der Waals surface area contributed by atoms with E-state index in [1.165, 1.54) is 23.8 Å². The monoisotopic (exact) mass is 694 g/mol. The van der Waals surface area contributed by atoms with Gasteiger partial charge in [-0.25, -0.2) is 19.0 Å². The van der Waals surface area contributed by atoms with Crippen molar-refractivity contribution in [3.63, 3.8) is 0 Å². The van der Waals surface area contributed by atoms with E-state index in [1.54, 1.807) is 75.4 Å². The maximum Gasteiger partial charge on any atom is 0.343 e. The van der Waals surface area contributed by atoms with Gasteiger partial charge in [-0.1, -0.05) is 41.1 Å². The summed E-state index contributed by atoms with van der Waals surface area (Å²) in [6.45, 7) is 5.40. The number of carbonyl (C=O) groups is 2. The van der Waals surface area contributed by atoms with E-state index >= 15 is 0 Å². The molecule has 1 aromatic heterocycles. The third kappa shape index (κ3) is 7.61. The Bertz CT molecular complexity index is 2060. The minimum absolute atomic E-state index is 0.118. The number of allylic oxidation sites excluding steroid dienone is 1. The first-order chi connectivity index (χ1) is 23.1. The van der Waals surface area contributed by atoms with Gasteiger partial charge in [0.25, 0.3) is 5.56 Å². The summed E-state index contributed by atoms with van der Waals surface area (Å²) in [4.78, 5) is 44.3. The van der Waals surface area contributed by atoms with Crippen molar-refractivity contribution in [2.24, 2.45) is 4.99 Å². The first-order valence-corrected chi connectivity index (χ1v) is 16.2. The van der Waals surface area contributed by atoms with Crippen LogP contribution < -0.4 is 29.1 Å². The standard InChI is InChI=1S/C35H32ClFN2O8S/c1-5-44-28-16-22(9-13-27(28)47-19-30(40)43-4)32-31(34(42)45-6-2)20(3)38-35-39(32)33(41)29(48-35)17-23-15-24(36)10-14-26(23)46-18-21-7-11-25(37)12-8-21/h7-17,32H,5-6,18-19H2,1-4H3/b29-17+/t32-/m0/s1. The fourth-order valence-corrected chi connectivity index (χ4v) is 6.25. The molecule has 250 valence electrons. The van der Waals surface area contributed by atoms with E-state index in [0.29, 0.717) is 42.7 Å². The fraction of sp³-hybridized carbons (Fsp3) is 0.257. The Morgan fingerprint density at radius 3 is 2.44 bits per heavy atom. The molecular weight excluding hydrogens is 663 g/mol. The van der Waals surface area contributed by atoms with E-state index in [-0.39, 0.29) is 43.6 Å². The molecule has 3 aromatic carbocycles. The summed E-state index contributed by atoms with van der Waals surface area (Å²) < 4.78 is 42.7. The number of aromatic nitrogens is 1. The van der Waals surface area contributed by atoms with Crippen LogP contribution in [0.5, 0.6) is 17.2 Å². The zero-order valence-corrected chi connectivity index (χ0v) is 28.2. The zero-order valence-electron chi connectivity index (χ0n) is 26.6. The second kappa shape index (κ2) is 15.3. The third-order valence-electron chi connectivity index (χ3n) is 7.24. The van der Waals surface area contributed by atoms with E-state index in [4.69, 9.17) is 30.5 Å². The number of hydrogen-bond acceptors (Lipinski definition) is 10. The number of halogens is 2. The molecule has 1 atom stereocenters. The smallest absolute Gasteiger partial charge is 0.343 e. The molecule has 0 aliphatic carbocycles. The quantitative estimate of drug-likeness (QED) is 0.188. The lowest BCUT2D eigenvalue weighted by atomic mass is 9.95. The summed E-state index contributed by atoms with van der Waals surface area (Å²) in [7, 11) is 1.26. The summed E-state index contributed by atoms with van der Waals surface area (Å²) in [5, 5.41) is 0.430. The van der Waals surface area contributed by atoms with Gasteiger partial charge in [0.2, 0.25) is 0 Å². The van der Waals surface area contributed by atoms with Gasteiger partial charge in [-0.2, -0.15) is 0 Å². The zero-order chi connectivity index (χ0) is 34.4. The van der Waals surface area contributed by atoms with Crippen molar-refractivity contribution in [2.75, 3.05) is 26.9 Å². The number of thiazole rings is 1. The second-order valence-electron chi connectivity index (χ2n) is 10.4. The Balaban J connectivity index is 1.61. The predicted molar refractivity (Wildman–Crippen MR) is 178 cm³/mol. The van der Waals surface area contributed by atoms with Gasteiger partial charge in [0, 0.05) is 10.6 Å². The number of ether oxygens (including phenoxy) is 5. The molecule has 48 heavy (non-hydrogen) atoms. The normalized spacial score (nSPS) is 14.2. The predicted octanol–water partition coefficient (Wildman–Crippen LogP) is 5.12. The topological polar surface area (TPSA) is 115 Å².